The SMILES string of the molecule is O=C1S/C(=C\c2sc(N3CCCCC3)nc2Cl)C(=O)N1Cc1ccc(Br)cc1. The minimum atomic E-state index is -0.290. The fourth-order valence-corrected chi connectivity index (χ4v) is 5.55. The molecule has 0 aliphatic carbocycles. The molecule has 2 aromatic rings. The number of hydrogen-bond acceptors (Lipinski definition) is 6. The highest BCUT2D eigenvalue weighted by molar-refractivity contribution is 9.10. The third-order valence-electron chi connectivity index (χ3n) is 4.61. The van der Waals surface area contributed by atoms with Crippen molar-refractivity contribution in [1.82, 2.24) is 9.88 Å². The second-order valence-corrected chi connectivity index (χ2v) is 9.87. The Labute approximate surface area is 184 Å². The number of carbonyl (C=O) groups excluding carboxylic acids is 2. The number of thiazole rings is 1. The molecule has 5 nitrogen and oxygen atoms in total. The van der Waals surface area contributed by atoms with Gasteiger partial charge in [-0.15, -0.1) is 0 Å². The van der Waals surface area contributed by atoms with Crippen LogP contribution >= 0.6 is 50.6 Å². The number of amides is 2. The Morgan fingerprint density at radius 1 is 1.14 bits per heavy atom. The highest BCUT2D eigenvalue weighted by atomic mass is 79.9. The highest BCUT2D eigenvalue weighted by Gasteiger charge is 2.35. The Morgan fingerprint density at radius 2 is 1.86 bits per heavy atom. The van der Waals surface area contributed by atoms with Crippen LogP contribution in [-0.4, -0.2) is 34.1 Å². The Morgan fingerprint density at radius 3 is 2.57 bits per heavy atom. The van der Waals surface area contributed by atoms with Crippen molar-refractivity contribution >= 4 is 73.0 Å². The number of rotatable bonds is 4. The smallest absolute Gasteiger partial charge is 0.293 e. The Balaban J connectivity index is 1.52. The summed E-state index contributed by atoms with van der Waals surface area (Å²) in [7, 11) is 0. The van der Waals surface area contributed by atoms with Gasteiger partial charge in [0, 0.05) is 17.6 Å². The Kier molecular flexibility index (Phi) is 6.10. The van der Waals surface area contributed by atoms with E-state index in [-0.39, 0.29) is 17.7 Å². The number of benzene rings is 1. The number of thioether (sulfide) groups is 1. The van der Waals surface area contributed by atoms with E-state index in [9.17, 15) is 9.59 Å². The van der Waals surface area contributed by atoms with E-state index in [0.717, 1.165) is 57.7 Å². The molecule has 3 heterocycles. The summed E-state index contributed by atoms with van der Waals surface area (Å²) in [6.07, 6.45) is 5.25. The van der Waals surface area contributed by atoms with Crippen molar-refractivity contribution in [2.24, 2.45) is 0 Å². The number of hydrogen-bond donors (Lipinski definition) is 0. The first-order valence-electron chi connectivity index (χ1n) is 8.92. The topological polar surface area (TPSA) is 53.5 Å². The van der Waals surface area contributed by atoms with Crippen LogP contribution in [0.3, 0.4) is 0 Å². The van der Waals surface area contributed by atoms with Crippen molar-refractivity contribution < 1.29 is 9.59 Å². The van der Waals surface area contributed by atoms with Crippen molar-refractivity contribution in [2.45, 2.75) is 25.8 Å². The van der Waals surface area contributed by atoms with Crippen LogP contribution in [0.2, 0.25) is 5.15 Å². The van der Waals surface area contributed by atoms with Gasteiger partial charge in [-0.05, 0) is 54.8 Å². The van der Waals surface area contributed by atoms with Crippen LogP contribution in [0.4, 0.5) is 9.93 Å². The quantitative estimate of drug-likeness (QED) is 0.500. The van der Waals surface area contributed by atoms with E-state index in [1.165, 1.54) is 22.7 Å². The summed E-state index contributed by atoms with van der Waals surface area (Å²) in [5.41, 5.74) is 0.898. The van der Waals surface area contributed by atoms with Gasteiger partial charge in [0.25, 0.3) is 11.1 Å². The van der Waals surface area contributed by atoms with Gasteiger partial charge in [-0.1, -0.05) is 51.0 Å². The minimum Gasteiger partial charge on any atom is -0.348 e. The van der Waals surface area contributed by atoms with E-state index in [0.29, 0.717) is 10.1 Å². The second kappa shape index (κ2) is 8.57. The molecule has 2 saturated heterocycles. The van der Waals surface area contributed by atoms with Gasteiger partial charge < -0.3 is 4.90 Å². The molecule has 0 bridgehead atoms. The van der Waals surface area contributed by atoms with E-state index in [4.69, 9.17) is 11.6 Å². The lowest BCUT2D eigenvalue weighted by Crippen LogP contribution is -2.29. The molecule has 0 unspecified atom stereocenters. The van der Waals surface area contributed by atoms with Gasteiger partial charge in [0.2, 0.25) is 0 Å². The summed E-state index contributed by atoms with van der Waals surface area (Å²) in [6.45, 7) is 2.21. The van der Waals surface area contributed by atoms with Gasteiger partial charge >= 0.3 is 0 Å². The molecule has 0 spiro atoms. The number of aromatic nitrogens is 1. The predicted octanol–water partition coefficient (Wildman–Crippen LogP) is 5.79. The molecule has 0 N–H and O–H groups in total. The molecular formula is C19H17BrClN3O2S2. The molecule has 2 aliphatic heterocycles. The normalized spacial score (nSPS) is 19.1. The average Bonchev–Trinajstić information content (AvgIpc) is 3.19. The fourth-order valence-electron chi connectivity index (χ4n) is 3.14. The molecule has 4 rings (SSSR count). The van der Waals surface area contributed by atoms with Gasteiger partial charge in [-0.3, -0.25) is 14.5 Å². The lowest BCUT2D eigenvalue weighted by molar-refractivity contribution is -0.123. The van der Waals surface area contributed by atoms with Gasteiger partial charge in [-0.25, -0.2) is 4.98 Å². The zero-order chi connectivity index (χ0) is 19.7. The molecule has 146 valence electrons. The summed E-state index contributed by atoms with van der Waals surface area (Å²) < 4.78 is 0.953. The minimum absolute atomic E-state index is 0.255. The van der Waals surface area contributed by atoms with E-state index in [2.05, 4.69) is 25.8 Å². The van der Waals surface area contributed by atoms with E-state index in [1.54, 1.807) is 6.08 Å². The van der Waals surface area contributed by atoms with E-state index < -0.39 is 0 Å². The largest absolute Gasteiger partial charge is 0.348 e. The maximum Gasteiger partial charge on any atom is 0.293 e. The van der Waals surface area contributed by atoms with Gasteiger partial charge in [0.05, 0.1) is 16.3 Å². The molecule has 2 fully saturated rings. The summed E-state index contributed by atoms with van der Waals surface area (Å²) >= 11 is 12.1. The van der Waals surface area contributed by atoms with Crippen LogP contribution in [0.25, 0.3) is 6.08 Å². The molecule has 0 saturated carbocycles. The van der Waals surface area contributed by atoms with Crippen molar-refractivity contribution in [3.8, 4) is 0 Å². The third-order valence-corrected chi connectivity index (χ3v) is 7.51. The van der Waals surface area contributed by atoms with Gasteiger partial charge in [0.15, 0.2) is 5.13 Å². The fraction of sp³-hybridized carbons (Fsp3) is 0.316. The zero-order valence-corrected chi connectivity index (χ0v) is 18.8. The summed E-state index contributed by atoms with van der Waals surface area (Å²) in [4.78, 5) is 34.2. The molecule has 28 heavy (non-hydrogen) atoms. The van der Waals surface area contributed by atoms with Crippen molar-refractivity contribution in [3.05, 3.63) is 49.2 Å². The lowest BCUT2D eigenvalue weighted by atomic mass is 10.1. The first kappa shape index (κ1) is 19.9. The molecular weight excluding hydrogens is 482 g/mol. The summed E-state index contributed by atoms with van der Waals surface area (Å²) in [6, 6.07) is 7.57. The van der Waals surface area contributed by atoms with Crippen LogP contribution in [0.1, 0.15) is 29.7 Å². The molecule has 9 heteroatoms. The van der Waals surface area contributed by atoms with Crippen LogP contribution < -0.4 is 4.90 Å². The number of carbonyl (C=O) groups is 2. The number of nitrogens with zero attached hydrogens (tertiary/aromatic N) is 3. The lowest BCUT2D eigenvalue weighted by Gasteiger charge is -2.25. The predicted molar refractivity (Wildman–Crippen MR) is 119 cm³/mol. The maximum atomic E-state index is 12.7. The zero-order valence-electron chi connectivity index (χ0n) is 14.9. The summed E-state index contributed by atoms with van der Waals surface area (Å²) in [5, 5.41) is 0.992. The maximum absolute atomic E-state index is 12.7. The van der Waals surface area contributed by atoms with Crippen LogP contribution in [0, 0.1) is 0 Å². The average molecular weight is 499 g/mol. The molecule has 1 aromatic carbocycles. The molecule has 1 aromatic heterocycles. The van der Waals surface area contributed by atoms with Gasteiger partial charge in [-0.2, -0.15) is 0 Å². The van der Waals surface area contributed by atoms with E-state index >= 15 is 0 Å². The summed E-state index contributed by atoms with van der Waals surface area (Å²) in [5.74, 6) is -0.290. The van der Waals surface area contributed by atoms with Crippen LogP contribution in [0.5, 0.6) is 0 Å². The number of piperidine rings is 1. The number of imide groups is 1. The van der Waals surface area contributed by atoms with Crippen LogP contribution in [0.15, 0.2) is 33.6 Å². The monoisotopic (exact) mass is 497 g/mol. The number of anilines is 1. The third kappa shape index (κ3) is 4.30. The number of halogens is 2. The Hall–Kier alpha value is -1.35. The molecule has 2 aliphatic rings. The molecule has 2 amide bonds. The van der Waals surface area contributed by atoms with E-state index in [1.807, 2.05) is 24.3 Å². The molecule has 0 atom stereocenters. The van der Waals surface area contributed by atoms with Crippen molar-refractivity contribution in [2.75, 3.05) is 18.0 Å². The standard InChI is InChI=1S/C19H17BrClN3O2S2/c20-13-6-4-12(5-7-13)11-24-17(25)15(28-19(24)26)10-14-16(21)22-18(27-14)23-8-2-1-3-9-23/h4-7,10H,1-3,8-9,11H2/b15-10-. The van der Waals surface area contributed by atoms with Crippen LogP contribution in [-0.2, 0) is 11.3 Å². The van der Waals surface area contributed by atoms with Crippen molar-refractivity contribution in [3.63, 3.8) is 0 Å². The Bertz CT molecular complexity index is 939. The second-order valence-electron chi connectivity index (χ2n) is 6.59. The first-order valence-corrected chi connectivity index (χ1v) is 11.7. The van der Waals surface area contributed by atoms with Crippen molar-refractivity contribution in [1.29, 1.82) is 0 Å². The highest BCUT2D eigenvalue weighted by Crippen LogP contribution is 2.38. The molecule has 0 radical (unpaired) electrons. The first-order chi connectivity index (χ1) is 13.5. The van der Waals surface area contributed by atoms with Gasteiger partial charge in [0.1, 0.15) is 5.15 Å².